The summed E-state index contributed by atoms with van der Waals surface area (Å²) in [7, 11) is 3.77. The molecule has 1 fully saturated rings. The van der Waals surface area contributed by atoms with Crippen LogP contribution in [0.25, 0.3) is 0 Å². The van der Waals surface area contributed by atoms with Gasteiger partial charge in [0.15, 0.2) is 11.9 Å². The third-order valence-corrected chi connectivity index (χ3v) is 12.0. The average molecular weight is 754 g/mol. The van der Waals surface area contributed by atoms with Gasteiger partial charge in [-0.2, -0.15) is 0 Å². The number of ketones is 2. The van der Waals surface area contributed by atoms with Crippen LogP contribution >= 0.6 is 11.3 Å². The number of likely N-dealkylation sites (N-methyl/N-ethyl adjacent to an activating group) is 1. The maximum Gasteiger partial charge on any atom is 0.303 e. The van der Waals surface area contributed by atoms with E-state index < -0.39 is 23.9 Å². The molecule has 0 unspecified atom stereocenters. The predicted molar refractivity (Wildman–Crippen MR) is 210 cm³/mol. The Hall–Kier alpha value is -3.64. The Balaban J connectivity index is 1.82. The van der Waals surface area contributed by atoms with E-state index in [0.29, 0.717) is 29.5 Å². The number of nitrogen functional groups attached to an aromatic ring is 1. The SMILES string of the molecule is CC[C@H](C)[C@H](CC(=O)[C@H]1C[C@H](C)CCN1C)C(=O)N(C)[C@H](C[C@@H](OC(C)=O)c1nc(C(=O)N[C@@H](Cc2ccc(N)cc2)C[C@H](C)C(C)=O)cs1)C(C)C. The van der Waals surface area contributed by atoms with E-state index in [1.165, 1.54) is 18.3 Å². The van der Waals surface area contributed by atoms with Crippen molar-refractivity contribution in [3.05, 3.63) is 45.9 Å². The molecule has 2 heterocycles. The van der Waals surface area contributed by atoms with Gasteiger partial charge in [0.25, 0.3) is 5.91 Å². The van der Waals surface area contributed by atoms with Crippen molar-refractivity contribution in [1.82, 2.24) is 20.1 Å². The number of likely N-dealkylation sites (tertiary alicyclic amines) is 1. The van der Waals surface area contributed by atoms with E-state index in [2.05, 4.69) is 22.1 Å². The lowest BCUT2D eigenvalue weighted by atomic mass is 9.81. The Bertz CT molecular complexity index is 1540. The zero-order chi connectivity index (χ0) is 39.6. The second-order valence-corrected chi connectivity index (χ2v) is 16.7. The van der Waals surface area contributed by atoms with Crippen LogP contribution in [0, 0.1) is 29.6 Å². The van der Waals surface area contributed by atoms with Crippen molar-refractivity contribution in [2.24, 2.45) is 29.6 Å². The fraction of sp³-hybridized carbons (Fsp3) is 0.659. The van der Waals surface area contributed by atoms with E-state index >= 15 is 0 Å². The molecule has 0 bridgehead atoms. The molecule has 0 spiro atoms. The second-order valence-electron chi connectivity index (χ2n) is 15.8. The molecule has 294 valence electrons. The van der Waals surface area contributed by atoms with Crippen molar-refractivity contribution < 1.29 is 28.7 Å². The lowest BCUT2D eigenvalue weighted by molar-refractivity contribution is -0.149. The molecule has 12 heteroatoms. The monoisotopic (exact) mass is 753 g/mol. The van der Waals surface area contributed by atoms with E-state index in [-0.39, 0.29) is 71.9 Å². The number of carbonyl (C=O) groups is 5. The summed E-state index contributed by atoms with van der Waals surface area (Å²) in [6.45, 7) is 15.9. The van der Waals surface area contributed by atoms with Crippen molar-refractivity contribution in [2.75, 3.05) is 26.4 Å². The molecular formula is C41H63N5O6S. The molecule has 2 amide bonds. The van der Waals surface area contributed by atoms with Crippen molar-refractivity contribution in [3.63, 3.8) is 0 Å². The van der Waals surface area contributed by atoms with Crippen LogP contribution < -0.4 is 11.1 Å². The number of amides is 2. The Labute approximate surface area is 320 Å². The van der Waals surface area contributed by atoms with Gasteiger partial charge < -0.3 is 20.7 Å². The lowest BCUT2D eigenvalue weighted by Crippen LogP contribution is -2.48. The van der Waals surface area contributed by atoms with Crippen LogP contribution in [0.5, 0.6) is 0 Å². The number of hydrogen-bond acceptors (Lipinski definition) is 10. The summed E-state index contributed by atoms with van der Waals surface area (Å²) in [6, 6.07) is 6.56. The summed E-state index contributed by atoms with van der Waals surface area (Å²) in [4.78, 5) is 74.6. The number of ether oxygens (including phenoxy) is 1. The van der Waals surface area contributed by atoms with Gasteiger partial charge in [0.2, 0.25) is 5.91 Å². The molecular weight excluding hydrogens is 691 g/mol. The van der Waals surface area contributed by atoms with Crippen LogP contribution in [0.3, 0.4) is 0 Å². The van der Waals surface area contributed by atoms with Crippen molar-refractivity contribution >= 4 is 46.4 Å². The number of nitrogens with two attached hydrogens (primary N) is 1. The standard InChI is InChI=1S/C41H63N5O6S/c1-11-26(5)33(21-37(49)36-18-25(4)16-17-45(36)9)41(51)46(10)35(24(2)3)22-38(52-29(8)48)40-44-34(23-53-40)39(50)43-32(19-27(6)28(7)47)20-30-12-14-31(42)15-13-30/h12-15,23-27,32-33,35-36,38H,11,16-22,42H2,1-10H3,(H,43,50)/t25-,26+,27+,32-,33+,35-,36-,38-/m1/s1. The van der Waals surface area contributed by atoms with Gasteiger partial charge >= 0.3 is 5.97 Å². The molecule has 1 saturated heterocycles. The number of Topliss-reactive ketones (excluding diaryl/α,β-unsaturated/α-hetero) is 2. The number of benzene rings is 1. The summed E-state index contributed by atoms with van der Waals surface area (Å²) in [5.41, 5.74) is 7.66. The number of aromatic nitrogens is 1. The molecule has 53 heavy (non-hydrogen) atoms. The van der Waals surface area contributed by atoms with E-state index in [0.717, 1.165) is 31.4 Å². The van der Waals surface area contributed by atoms with E-state index in [9.17, 15) is 24.0 Å². The van der Waals surface area contributed by atoms with Crippen LogP contribution in [-0.4, -0.2) is 82.9 Å². The maximum absolute atomic E-state index is 14.3. The molecule has 1 aliphatic heterocycles. The lowest BCUT2D eigenvalue weighted by Gasteiger charge is -2.38. The third kappa shape index (κ3) is 12.7. The van der Waals surface area contributed by atoms with Crippen LogP contribution in [0.1, 0.15) is 121 Å². The minimum absolute atomic E-state index is 0.000355. The van der Waals surface area contributed by atoms with Gasteiger partial charge in [0.1, 0.15) is 16.5 Å². The molecule has 0 saturated carbocycles. The first-order valence-electron chi connectivity index (χ1n) is 19.2. The highest BCUT2D eigenvalue weighted by Crippen LogP contribution is 2.33. The van der Waals surface area contributed by atoms with Gasteiger partial charge in [0.05, 0.1) is 6.04 Å². The number of hydrogen-bond donors (Lipinski definition) is 2. The number of nitrogens with one attached hydrogen (secondary N) is 1. The van der Waals surface area contributed by atoms with Crippen LogP contribution in [-0.2, 0) is 30.3 Å². The number of anilines is 1. The molecule has 3 N–H and O–H groups in total. The second kappa shape index (κ2) is 20.2. The smallest absolute Gasteiger partial charge is 0.303 e. The minimum Gasteiger partial charge on any atom is -0.455 e. The van der Waals surface area contributed by atoms with Crippen LogP contribution in [0.15, 0.2) is 29.6 Å². The summed E-state index contributed by atoms with van der Waals surface area (Å²) in [6.07, 6.45) is 3.25. The summed E-state index contributed by atoms with van der Waals surface area (Å²) < 4.78 is 5.82. The number of thiazole rings is 1. The number of esters is 1. The largest absolute Gasteiger partial charge is 0.455 e. The van der Waals surface area contributed by atoms with Crippen molar-refractivity contribution in [2.45, 2.75) is 125 Å². The van der Waals surface area contributed by atoms with Gasteiger partial charge in [-0.3, -0.25) is 28.9 Å². The molecule has 1 aromatic heterocycles. The van der Waals surface area contributed by atoms with Crippen LogP contribution in [0.4, 0.5) is 5.69 Å². The minimum atomic E-state index is -0.800. The molecule has 11 nitrogen and oxygen atoms in total. The zero-order valence-electron chi connectivity index (χ0n) is 33.5. The van der Waals surface area contributed by atoms with Gasteiger partial charge in [-0.1, -0.05) is 60.1 Å². The number of piperidine rings is 1. The highest BCUT2D eigenvalue weighted by molar-refractivity contribution is 7.09. The number of carbonyl (C=O) groups excluding carboxylic acids is 5. The van der Waals surface area contributed by atoms with Gasteiger partial charge in [-0.25, -0.2) is 4.98 Å². The first-order chi connectivity index (χ1) is 24.9. The highest BCUT2D eigenvalue weighted by atomic mass is 32.1. The third-order valence-electron chi connectivity index (χ3n) is 11.1. The summed E-state index contributed by atoms with van der Waals surface area (Å²) >= 11 is 1.22. The first kappa shape index (κ1) is 43.8. The molecule has 3 rings (SSSR count). The van der Waals surface area contributed by atoms with E-state index in [1.54, 1.807) is 36.4 Å². The van der Waals surface area contributed by atoms with Crippen molar-refractivity contribution in [1.29, 1.82) is 0 Å². The van der Waals surface area contributed by atoms with E-state index in [1.807, 2.05) is 53.8 Å². The Kier molecular flexibility index (Phi) is 16.6. The van der Waals surface area contributed by atoms with E-state index in [4.69, 9.17) is 10.5 Å². The Morgan fingerprint density at radius 3 is 2.32 bits per heavy atom. The normalized spacial score (nSPS) is 19.8. The molecule has 0 aliphatic carbocycles. The molecule has 1 aliphatic rings. The average Bonchev–Trinajstić information content (AvgIpc) is 3.60. The number of nitrogens with zero attached hydrogens (tertiary/aromatic N) is 3. The topological polar surface area (TPSA) is 152 Å². The van der Waals surface area contributed by atoms with Crippen molar-refractivity contribution in [3.8, 4) is 0 Å². The maximum atomic E-state index is 14.3. The number of rotatable bonds is 19. The molecule has 1 aromatic carbocycles. The van der Waals surface area contributed by atoms with Gasteiger partial charge in [-0.05, 0) is 81.6 Å². The summed E-state index contributed by atoms with van der Waals surface area (Å²) in [5.74, 6) is -1.10. The highest BCUT2D eigenvalue weighted by Gasteiger charge is 2.38. The fourth-order valence-electron chi connectivity index (χ4n) is 7.25. The Morgan fingerprint density at radius 2 is 1.74 bits per heavy atom. The van der Waals surface area contributed by atoms with Gasteiger partial charge in [-0.15, -0.1) is 11.3 Å². The van der Waals surface area contributed by atoms with Gasteiger partial charge in [0, 0.05) is 61.8 Å². The molecule has 2 aromatic rings. The molecule has 8 atom stereocenters. The summed E-state index contributed by atoms with van der Waals surface area (Å²) in [5, 5.41) is 5.16. The zero-order valence-corrected chi connectivity index (χ0v) is 34.3. The molecule has 0 radical (unpaired) electrons. The predicted octanol–water partition coefficient (Wildman–Crippen LogP) is 6.51. The van der Waals surface area contributed by atoms with Crippen LogP contribution in [0.2, 0.25) is 0 Å². The fourth-order valence-corrected chi connectivity index (χ4v) is 8.09. The quantitative estimate of drug-likeness (QED) is 0.121. The first-order valence-corrected chi connectivity index (χ1v) is 20.1. The Morgan fingerprint density at radius 1 is 1.08 bits per heavy atom.